The van der Waals surface area contributed by atoms with Crippen LogP contribution in [0, 0.1) is 0 Å². The van der Waals surface area contributed by atoms with E-state index >= 15 is 0 Å². The van der Waals surface area contributed by atoms with Crippen molar-refractivity contribution in [3.63, 3.8) is 0 Å². The molecule has 0 aromatic carbocycles. The van der Waals surface area contributed by atoms with Crippen molar-refractivity contribution < 1.29 is 17.9 Å². The third-order valence-electron chi connectivity index (χ3n) is 3.47. The Morgan fingerprint density at radius 2 is 2.00 bits per heavy atom. The fourth-order valence-corrected chi connectivity index (χ4v) is 2.32. The molecular formula is C18H22ClF3IN5O. The first-order valence-electron chi connectivity index (χ1n) is 8.63. The fraction of sp³-hybridized carbons (Fsp3) is 0.389. The van der Waals surface area contributed by atoms with Crippen molar-refractivity contribution in [2.75, 3.05) is 19.7 Å². The summed E-state index contributed by atoms with van der Waals surface area (Å²) in [5, 5.41) is 6.69. The van der Waals surface area contributed by atoms with Crippen molar-refractivity contribution >= 4 is 41.5 Å². The minimum atomic E-state index is -4.43. The minimum Gasteiger partial charge on any atom is -0.468 e. The molecule has 0 aliphatic carbocycles. The van der Waals surface area contributed by atoms with Gasteiger partial charge in [-0.3, -0.25) is 0 Å². The first-order valence-corrected chi connectivity index (χ1v) is 9.01. The van der Waals surface area contributed by atoms with Crippen molar-refractivity contribution in [2.45, 2.75) is 26.1 Å². The predicted molar refractivity (Wildman–Crippen MR) is 117 cm³/mol. The third-order valence-corrected chi connectivity index (χ3v) is 3.69. The Bertz CT molecular complexity index is 775. The van der Waals surface area contributed by atoms with E-state index in [9.17, 15) is 13.2 Å². The number of alkyl halides is 3. The summed E-state index contributed by atoms with van der Waals surface area (Å²) < 4.78 is 41.9. The van der Waals surface area contributed by atoms with Crippen LogP contribution in [0.5, 0.6) is 5.88 Å². The van der Waals surface area contributed by atoms with Crippen LogP contribution in [0.4, 0.5) is 13.2 Å². The number of hydrogen-bond donors (Lipinski definition) is 2. The van der Waals surface area contributed by atoms with Crippen LogP contribution in [0.2, 0.25) is 5.15 Å². The van der Waals surface area contributed by atoms with Crippen LogP contribution in [0.25, 0.3) is 0 Å². The van der Waals surface area contributed by atoms with Gasteiger partial charge in [0.05, 0.1) is 6.54 Å². The summed E-state index contributed by atoms with van der Waals surface area (Å²) in [5.74, 6) is 0.460. The fourth-order valence-electron chi connectivity index (χ4n) is 2.21. The molecular weight excluding hydrogens is 522 g/mol. The molecule has 2 heterocycles. The number of ether oxygens (including phenoxy) is 1. The second-order valence-electron chi connectivity index (χ2n) is 5.73. The Labute approximate surface area is 189 Å². The molecule has 0 amide bonds. The molecule has 0 bridgehead atoms. The van der Waals surface area contributed by atoms with Gasteiger partial charge in [-0.05, 0) is 31.0 Å². The molecule has 29 heavy (non-hydrogen) atoms. The smallest absolute Gasteiger partial charge is 0.422 e. The number of halogens is 5. The lowest BCUT2D eigenvalue weighted by atomic mass is 10.2. The van der Waals surface area contributed by atoms with Gasteiger partial charge in [0, 0.05) is 31.0 Å². The van der Waals surface area contributed by atoms with Gasteiger partial charge in [0.2, 0.25) is 5.88 Å². The third kappa shape index (κ3) is 9.97. The lowest BCUT2D eigenvalue weighted by molar-refractivity contribution is -0.154. The van der Waals surface area contributed by atoms with E-state index in [0.29, 0.717) is 36.2 Å². The second kappa shape index (κ2) is 12.7. The van der Waals surface area contributed by atoms with Crippen molar-refractivity contribution in [3.8, 4) is 5.88 Å². The van der Waals surface area contributed by atoms with Crippen LogP contribution >= 0.6 is 35.6 Å². The van der Waals surface area contributed by atoms with Crippen LogP contribution in [0.3, 0.4) is 0 Å². The molecule has 0 aliphatic heterocycles. The van der Waals surface area contributed by atoms with Crippen LogP contribution in [-0.2, 0) is 13.0 Å². The number of pyridine rings is 2. The van der Waals surface area contributed by atoms with Crippen LogP contribution < -0.4 is 15.4 Å². The molecule has 160 valence electrons. The summed E-state index contributed by atoms with van der Waals surface area (Å²) in [5.41, 5.74) is 1.48. The van der Waals surface area contributed by atoms with E-state index in [2.05, 4.69) is 25.6 Å². The Kier molecular flexibility index (Phi) is 11.0. The zero-order valence-electron chi connectivity index (χ0n) is 15.7. The number of aromatic nitrogens is 2. The molecule has 0 spiro atoms. The average molecular weight is 544 g/mol. The average Bonchev–Trinajstić information content (AvgIpc) is 2.66. The maximum atomic E-state index is 12.4. The number of nitrogens with one attached hydrogen (secondary N) is 2. The van der Waals surface area contributed by atoms with E-state index < -0.39 is 12.8 Å². The molecule has 2 aromatic heterocycles. The highest BCUT2D eigenvalue weighted by molar-refractivity contribution is 14.0. The predicted octanol–water partition coefficient (Wildman–Crippen LogP) is 3.99. The van der Waals surface area contributed by atoms with Gasteiger partial charge in [-0.2, -0.15) is 13.2 Å². The molecule has 6 nitrogen and oxygen atoms in total. The molecule has 2 rings (SSSR count). The number of nitrogens with zero attached hydrogens (tertiary/aromatic N) is 3. The highest BCUT2D eigenvalue weighted by Gasteiger charge is 2.29. The standard InChI is InChI=1S/C18H21ClF3N5O.HI/c1-2-23-17(25-9-7-13-5-6-15(19)26-10-13)27-11-14-4-3-8-24-16(14)28-12-18(20,21)22;/h3-6,8,10H,2,7,9,11-12H2,1H3,(H2,23,25,27);1H. The summed E-state index contributed by atoms with van der Waals surface area (Å²) in [4.78, 5) is 12.3. The summed E-state index contributed by atoms with van der Waals surface area (Å²) >= 11 is 5.76. The van der Waals surface area contributed by atoms with Crippen LogP contribution in [-0.4, -0.2) is 41.8 Å². The second-order valence-corrected chi connectivity index (χ2v) is 6.12. The van der Waals surface area contributed by atoms with Gasteiger partial charge in [0.15, 0.2) is 12.6 Å². The summed E-state index contributed by atoms with van der Waals surface area (Å²) in [6, 6.07) is 6.87. The van der Waals surface area contributed by atoms with E-state index in [1.807, 2.05) is 13.0 Å². The Balaban J connectivity index is 0.00000420. The zero-order chi connectivity index (χ0) is 20.4. The van der Waals surface area contributed by atoms with E-state index in [1.165, 1.54) is 6.20 Å². The van der Waals surface area contributed by atoms with Crippen molar-refractivity contribution in [3.05, 3.63) is 52.9 Å². The van der Waals surface area contributed by atoms with Crippen molar-refractivity contribution in [1.29, 1.82) is 0 Å². The molecule has 0 aliphatic rings. The van der Waals surface area contributed by atoms with E-state index in [1.54, 1.807) is 24.4 Å². The van der Waals surface area contributed by atoms with Gasteiger partial charge < -0.3 is 15.4 Å². The molecule has 0 unspecified atom stereocenters. The van der Waals surface area contributed by atoms with Gasteiger partial charge >= 0.3 is 6.18 Å². The highest BCUT2D eigenvalue weighted by Crippen LogP contribution is 2.20. The summed E-state index contributed by atoms with van der Waals surface area (Å²) in [7, 11) is 0. The van der Waals surface area contributed by atoms with E-state index in [0.717, 1.165) is 5.56 Å². The summed E-state index contributed by atoms with van der Waals surface area (Å²) in [6.45, 7) is 1.88. The molecule has 0 radical (unpaired) electrons. The van der Waals surface area contributed by atoms with Gasteiger partial charge in [-0.1, -0.05) is 23.7 Å². The quantitative estimate of drug-likeness (QED) is 0.228. The van der Waals surface area contributed by atoms with Gasteiger partial charge in [-0.15, -0.1) is 24.0 Å². The van der Waals surface area contributed by atoms with Crippen LogP contribution in [0.15, 0.2) is 41.7 Å². The molecule has 0 saturated carbocycles. The topological polar surface area (TPSA) is 71.4 Å². The zero-order valence-corrected chi connectivity index (χ0v) is 18.8. The lowest BCUT2D eigenvalue weighted by Gasteiger charge is -2.13. The lowest BCUT2D eigenvalue weighted by Crippen LogP contribution is -2.38. The summed E-state index contributed by atoms with van der Waals surface area (Å²) in [6.07, 6.45) is -0.636. The van der Waals surface area contributed by atoms with Crippen LogP contribution in [0.1, 0.15) is 18.1 Å². The van der Waals surface area contributed by atoms with Gasteiger partial charge in [0.25, 0.3) is 0 Å². The number of guanidine groups is 1. The molecule has 0 fully saturated rings. The molecule has 11 heteroatoms. The first kappa shape index (κ1) is 25.2. The van der Waals surface area contributed by atoms with Crippen molar-refractivity contribution in [1.82, 2.24) is 20.6 Å². The number of rotatable bonds is 8. The maximum Gasteiger partial charge on any atom is 0.422 e. The minimum absolute atomic E-state index is 0. The van der Waals surface area contributed by atoms with Gasteiger partial charge in [0.1, 0.15) is 5.15 Å². The van der Waals surface area contributed by atoms with E-state index in [-0.39, 0.29) is 36.4 Å². The van der Waals surface area contributed by atoms with Gasteiger partial charge in [-0.25, -0.2) is 15.0 Å². The maximum absolute atomic E-state index is 12.4. The highest BCUT2D eigenvalue weighted by atomic mass is 127. The Morgan fingerprint density at radius 1 is 1.21 bits per heavy atom. The largest absolute Gasteiger partial charge is 0.468 e. The van der Waals surface area contributed by atoms with E-state index in [4.69, 9.17) is 16.3 Å². The molecule has 2 aromatic rings. The number of aliphatic imine (C=N–C) groups is 1. The first-order chi connectivity index (χ1) is 13.4. The SMILES string of the molecule is CCNC(=NCc1cccnc1OCC(F)(F)F)NCCc1ccc(Cl)nc1.I. The Hall–Kier alpha value is -1.82. The normalized spacial score (nSPS) is 11.6. The molecule has 0 atom stereocenters. The number of hydrogen-bond acceptors (Lipinski definition) is 4. The van der Waals surface area contributed by atoms with Crippen molar-refractivity contribution in [2.24, 2.45) is 4.99 Å². The monoisotopic (exact) mass is 543 g/mol. The Morgan fingerprint density at radius 3 is 2.66 bits per heavy atom. The molecule has 2 N–H and O–H groups in total. The molecule has 0 saturated heterocycles.